The van der Waals surface area contributed by atoms with Crippen LogP contribution in [0.25, 0.3) is 0 Å². The number of carbonyl (C=O) groups excluding carboxylic acids is 7. The lowest BCUT2D eigenvalue weighted by Crippen LogP contribution is -2.62. The summed E-state index contributed by atoms with van der Waals surface area (Å²) in [6, 6.07) is -0.399. The molecule has 1 rings (SSSR count). The maximum Gasteiger partial charge on any atom is 0.245 e. The highest BCUT2D eigenvalue weighted by Gasteiger charge is 2.35. The van der Waals surface area contributed by atoms with Crippen molar-refractivity contribution in [1.29, 1.82) is 10.8 Å². The molecule has 0 unspecified atom stereocenters. The van der Waals surface area contributed by atoms with Gasteiger partial charge in [-0.2, -0.15) is 0 Å². The van der Waals surface area contributed by atoms with Crippen LogP contribution in [-0.4, -0.2) is 157 Å². The van der Waals surface area contributed by atoms with Crippen molar-refractivity contribution in [3.05, 3.63) is 35.9 Å². The van der Waals surface area contributed by atoms with Crippen molar-refractivity contribution in [1.82, 2.24) is 47.9 Å². The molecule has 0 heterocycles. The maximum atomic E-state index is 14.3. The number of carbonyl (C=O) groups is 7. The molecule has 18 N–H and O–H groups in total. The molecule has 0 saturated heterocycles. The molecule has 0 radical (unpaired) electrons. The minimum atomic E-state index is -1.66. The van der Waals surface area contributed by atoms with Gasteiger partial charge >= 0.3 is 0 Å². The monoisotopic (exact) mass is 1060 g/mol. The van der Waals surface area contributed by atoms with E-state index in [2.05, 4.69) is 54.8 Å². The number of aliphatic hydroxyl groups is 3. The van der Waals surface area contributed by atoms with E-state index in [-0.39, 0.29) is 44.1 Å². The SMILES string of the molecule is CCCCCCCCCCCOCCCC(=O)N[C@H](C(=O)N[C@H](C(=O)N[C@@H](Cc1ccccc1)C(=O)N[C@@H](CCCNC(=N)N)C(=O)N[C@@H](CO)C(=O)N[C@@H](CO)C(=O)N[C@H](C)CCCNC(=N)N)C(C)C)[C@@H](C)O. The number of unbranched alkanes of at least 4 members (excludes halogenated alkanes) is 8. The minimum absolute atomic E-state index is 0.0333. The van der Waals surface area contributed by atoms with Gasteiger partial charge in [-0.05, 0) is 63.9 Å². The van der Waals surface area contributed by atoms with Crippen LogP contribution in [0.4, 0.5) is 0 Å². The number of nitrogens with one attached hydrogen (secondary N) is 11. The lowest BCUT2D eigenvalue weighted by atomic mass is 9.99. The van der Waals surface area contributed by atoms with Crippen LogP contribution in [0.15, 0.2) is 30.3 Å². The van der Waals surface area contributed by atoms with Crippen molar-refractivity contribution >= 4 is 53.3 Å². The van der Waals surface area contributed by atoms with Gasteiger partial charge in [0.05, 0.1) is 19.3 Å². The summed E-state index contributed by atoms with van der Waals surface area (Å²) in [5.41, 5.74) is 11.3. The van der Waals surface area contributed by atoms with Crippen molar-refractivity contribution < 1.29 is 53.6 Å². The van der Waals surface area contributed by atoms with E-state index >= 15 is 0 Å². The quantitative estimate of drug-likeness (QED) is 0.0224. The Hall–Kier alpha value is -6.11. The highest BCUT2D eigenvalue weighted by Crippen LogP contribution is 2.12. The van der Waals surface area contributed by atoms with Gasteiger partial charge in [0.2, 0.25) is 41.4 Å². The second-order valence-corrected chi connectivity index (χ2v) is 19.2. The molecule has 0 saturated carbocycles. The molecule has 8 atom stereocenters. The highest BCUT2D eigenvalue weighted by molar-refractivity contribution is 5.97. The molecule has 426 valence electrons. The maximum absolute atomic E-state index is 14.3. The highest BCUT2D eigenvalue weighted by atomic mass is 16.5. The number of amides is 7. The standard InChI is InChI=1S/C51H91N13O11/c1-6-7-8-9-10-11-12-13-17-28-75-29-20-25-41(68)63-43(35(5)67)49(74)64-42(33(2)3)48(73)60-38(30-36-22-15-14-16-23-36)45(70)59-37(24-19-27-57-51(54)55)44(69)61-40(32-66)47(72)62-39(31-65)46(71)58-34(4)21-18-26-56-50(52)53/h14-16,22-23,33-35,37-40,42-43,65-67H,6-13,17-21,24-32H2,1-5H3,(H,58,71)(H,59,70)(H,60,73)(H,61,69)(H,62,72)(H,63,68)(H,64,74)(H4,52,53,56)(H4,54,55,57)/t34-,35-,37+,38+,39+,40+,42+,43+/m1/s1. The van der Waals surface area contributed by atoms with E-state index in [1.807, 2.05) is 0 Å². The second kappa shape index (κ2) is 39.3. The smallest absolute Gasteiger partial charge is 0.245 e. The Morgan fingerprint density at radius 3 is 1.55 bits per heavy atom. The summed E-state index contributed by atoms with van der Waals surface area (Å²) in [4.78, 5) is 95.2. The van der Waals surface area contributed by atoms with Crippen LogP contribution < -0.4 is 59.3 Å². The molecule has 0 spiro atoms. The molecule has 0 aromatic heterocycles. The molecular weight excluding hydrogens is 971 g/mol. The van der Waals surface area contributed by atoms with Crippen molar-refractivity contribution in [2.75, 3.05) is 39.5 Å². The molecule has 0 aliphatic heterocycles. The van der Waals surface area contributed by atoms with Crippen LogP contribution in [0.2, 0.25) is 0 Å². The van der Waals surface area contributed by atoms with Gasteiger partial charge in [-0.1, -0.05) is 102 Å². The zero-order valence-electron chi connectivity index (χ0n) is 44.9. The van der Waals surface area contributed by atoms with E-state index in [0.29, 0.717) is 44.6 Å². The molecule has 1 aromatic rings. The first-order valence-corrected chi connectivity index (χ1v) is 26.5. The van der Waals surface area contributed by atoms with Crippen molar-refractivity contribution in [3.8, 4) is 0 Å². The number of benzene rings is 1. The predicted octanol–water partition coefficient (Wildman–Crippen LogP) is -0.482. The molecule has 1 aromatic carbocycles. The molecule has 7 amide bonds. The van der Waals surface area contributed by atoms with Gasteiger partial charge in [0, 0.05) is 45.2 Å². The summed E-state index contributed by atoms with van der Waals surface area (Å²) in [6.45, 7) is 8.18. The molecule has 0 aliphatic rings. The zero-order chi connectivity index (χ0) is 56.1. The van der Waals surface area contributed by atoms with E-state index in [1.54, 1.807) is 51.1 Å². The number of nitrogens with two attached hydrogens (primary N) is 2. The predicted molar refractivity (Wildman–Crippen MR) is 286 cm³/mol. The molecular formula is C51H91N13O11. The molecule has 75 heavy (non-hydrogen) atoms. The fourth-order valence-corrected chi connectivity index (χ4v) is 7.75. The van der Waals surface area contributed by atoms with Gasteiger partial charge in [-0.15, -0.1) is 0 Å². The number of aliphatic hydroxyl groups excluding tert-OH is 3. The Morgan fingerprint density at radius 2 is 1.01 bits per heavy atom. The van der Waals surface area contributed by atoms with Crippen LogP contribution in [0.3, 0.4) is 0 Å². The van der Waals surface area contributed by atoms with Crippen molar-refractivity contribution in [2.45, 2.75) is 186 Å². The van der Waals surface area contributed by atoms with Crippen molar-refractivity contribution in [2.24, 2.45) is 17.4 Å². The summed E-state index contributed by atoms with van der Waals surface area (Å²) in [7, 11) is 0. The fraction of sp³-hybridized carbons (Fsp3) is 0.706. The Kier molecular flexibility index (Phi) is 35.1. The number of ether oxygens (including phenoxy) is 1. The summed E-state index contributed by atoms with van der Waals surface area (Å²) in [5, 5.41) is 68.6. The molecule has 0 aliphatic carbocycles. The van der Waals surface area contributed by atoms with Crippen molar-refractivity contribution in [3.63, 3.8) is 0 Å². The average Bonchev–Trinajstić information content (AvgIpc) is 3.36. The second-order valence-electron chi connectivity index (χ2n) is 19.2. The topological polar surface area (TPSA) is 397 Å². The van der Waals surface area contributed by atoms with E-state index in [4.69, 9.17) is 27.0 Å². The first kappa shape index (κ1) is 66.9. The zero-order valence-corrected chi connectivity index (χ0v) is 44.9. The Bertz CT molecular complexity index is 1880. The van der Waals surface area contributed by atoms with Gasteiger partial charge in [0.15, 0.2) is 11.9 Å². The third kappa shape index (κ3) is 30.1. The van der Waals surface area contributed by atoms with Crippen LogP contribution in [0, 0.1) is 16.7 Å². The Labute approximate surface area is 442 Å². The lowest BCUT2D eigenvalue weighted by molar-refractivity contribution is -0.137. The van der Waals surface area contributed by atoms with Crippen LogP contribution >= 0.6 is 0 Å². The van der Waals surface area contributed by atoms with Gasteiger partial charge in [-0.3, -0.25) is 44.4 Å². The summed E-state index contributed by atoms with van der Waals surface area (Å²) in [6.07, 6.45) is 10.8. The number of hydrogen-bond acceptors (Lipinski definition) is 13. The summed E-state index contributed by atoms with van der Waals surface area (Å²) < 4.78 is 5.71. The third-order valence-corrected chi connectivity index (χ3v) is 12.1. The first-order chi connectivity index (χ1) is 35.7. The van der Waals surface area contributed by atoms with E-state index < -0.39 is 109 Å². The Morgan fingerprint density at radius 1 is 0.547 bits per heavy atom. The number of guanidine groups is 2. The Balaban J connectivity index is 3.13. The van der Waals surface area contributed by atoms with E-state index in [1.165, 1.54) is 45.4 Å². The van der Waals surface area contributed by atoms with Gasteiger partial charge in [0.25, 0.3) is 0 Å². The van der Waals surface area contributed by atoms with Crippen LogP contribution in [0.1, 0.15) is 136 Å². The van der Waals surface area contributed by atoms with Crippen LogP contribution in [-0.2, 0) is 44.7 Å². The summed E-state index contributed by atoms with van der Waals surface area (Å²) in [5.74, 6) is -6.80. The van der Waals surface area contributed by atoms with Gasteiger partial charge < -0.3 is 79.4 Å². The molecule has 24 nitrogen and oxygen atoms in total. The summed E-state index contributed by atoms with van der Waals surface area (Å²) >= 11 is 0. The number of rotatable bonds is 41. The van der Waals surface area contributed by atoms with Gasteiger partial charge in [0.1, 0.15) is 36.3 Å². The largest absolute Gasteiger partial charge is 0.394 e. The molecule has 0 bridgehead atoms. The van der Waals surface area contributed by atoms with E-state index in [0.717, 1.165) is 19.3 Å². The third-order valence-electron chi connectivity index (χ3n) is 12.1. The van der Waals surface area contributed by atoms with Gasteiger partial charge in [-0.25, -0.2) is 0 Å². The van der Waals surface area contributed by atoms with E-state index in [9.17, 15) is 48.9 Å². The molecule has 0 fully saturated rings. The van der Waals surface area contributed by atoms with Crippen LogP contribution in [0.5, 0.6) is 0 Å². The fourth-order valence-electron chi connectivity index (χ4n) is 7.75. The normalized spacial score (nSPS) is 14.3. The number of hydrogen-bond donors (Lipinski definition) is 16. The molecule has 24 heteroatoms. The lowest BCUT2D eigenvalue weighted by Gasteiger charge is -2.29. The average molecular weight is 1060 g/mol. The first-order valence-electron chi connectivity index (χ1n) is 26.5. The minimum Gasteiger partial charge on any atom is -0.394 e.